The number of aromatic nitrogens is 1. The number of carbonyl (C=O) groups is 2. The Kier molecular flexibility index (Phi) is 4.77. The van der Waals surface area contributed by atoms with E-state index in [2.05, 4.69) is 4.98 Å². The Hall–Kier alpha value is -2.56. The van der Waals surface area contributed by atoms with Gasteiger partial charge in [-0.05, 0) is 25.5 Å². The van der Waals surface area contributed by atoms with E-state index in [1.165, 1.54) is 6.07 Å². The van der Waals surface area contributed by atoms with Gasteiger partial charge >= 0.3 is 11.9 Å². The Balaban J connectivity index is 2.46. The van der Waals surface area contributed by atoms with Crippen molar-refractivity contribution in [2.75, 3.05) is 13.2 Å². The van der Waals surface area contributed by atoms with Crippen LogP contribution in [0.3, 0.4) is 0 Å². The molecular weight excluding hydrogens is 270 g/mol. The zero-order valence-electron chi connectivity index (χ0n) is 12.0. The second-order valence-corrected chi connectivity index (χ2v) is 4.28. The zero-order chi connectivity index (χ0) is 15.2. The van der Waals surface area contributed by atoms with Crippen molar-refractivity contribution < 1.29 is 19.1 Å². The highest BCUT2D eigenvalue weighted by molar-refractivity contribution is 6.00. The fourth-order valence-corrected chi connectivity index (χ4v) is 1.98. The maximum absolute atomic E-state index is 12.0. The van der Waals surface area contributed by atoms with Crippen LogP contribution in [0.2, 0.25) is 0 Å². The molecule has 1 heterocycles. The number of aromatic amines is 1. The number of rotatable bonds is 5. The minimum absolute atomic E-state index is 0.235. The first-order valence-electron chi connectivity index (χ1n) is 6.80. The highest BCUT2D eigenvalue weighted by atomic mass is 16.5. The molecule has 110 valence electrons. The summed E-state index contributed by atoms with van der Waals surface area (Å²) >= 11 is 0. The first kappa shape index (κ1) is 14.8. The van der Waals surface area contributed by atoms with Crippen LogP contribution in [0.1, 0.15) is 34.7 Å². The van der Waals surface area contributed by atoms with Gasteiger partial charge < -0.3 is 14.5 Å². The molecule has 2 aromatic rings. The Morgan fingerprint density at radius 2 is 1.62 bits per heavy atom. The van der Waals surface area contributed by atoms with Crippen LogP contribution in [0.4, 0.5) is 0 Å². The molecule has 0 aliphatic carbocycles. The lowest BCUT2D eigenvalue weighted by atomic mass is 10.1. The topological polar surface area (TPSA) is 68.4 Å². The SMILES string of the molecule is CCOC(=O)c1cc(C(=O)OCC)c(-c2ccccc2)[nH]1. The molecule has 0 saturated heterocycles. The zero-order valence-corrected chi connectivity index (χ0v) is 12.0. The van der Waals surface area contributed by atoms with E-state index in [0.29, 0.717) is 11.3 Å². The van der Waals surface area contributed by atoms with E-state index in [4.69, 9.17) is 9.47 Å². The lowest BCUT2D eigenvalue weighted by molar-refractivity contribution is 0.0519. The molecule has 0 spiro atoms. The summed E-state index contributed by atoms with van der Waals surface area (Å²) in [5.41, 5.74) is 1.91. The fourth-order valence-electron chi connectivity index (χ4n) is 1.98. The van der Waals surface area contributed by atoms with E-state index in [9.17, 15) is 9.59 Å². The smallest absolute Gasteiger partial charge is 0.354 e. The number of benzene rings is 1. The van der Waals surface area contributed by atoms with E-state index in [1.807, 2.05) is 30.3 Å². The molecule has 0 saturated carbocycles. The molecule has 21 heavy (non-hydrogen) atoms. The van der Waals surface area contributed by atoms with Gasteiger partial charge in [0.05, 0.1) is 24.5 Å². The normalized spacial score (nSPS) is 10.2. The summed E-state index contributed by atoms with van der Waals surface area (Å²) in [6, 6.07) is 10.8. The predicted octanol–water partition coefficient (Wildman–Crippen LogP) is 3.04. The van der Waals surface area contributed by atoms with Crippen molar-refractivity contribution in [2.45, 2.75) is 13.8 Å². The third-order valence-electron chi connectivity index (χ3n) is 2.87. The monoisotopic (exact) mass is 287 g/mol. The molecule has 1 N–H and O–H groups in total. The first-order chi connectivity index (χ1) is 10.2. The summed E-state index contributed by atoms with van der Waals surface area (Å²) in [6.45, 7) is 4.00. The number of hydrogen-bond acceptors (Lipinski definition) is 4. The largest absolute Gasteiger partial charge is 0.462 e. The van der Waals surface area contributed by atoms with Crippen LogP contribution in [0.25, 0.3) is 11.3 Å². The van der Waals surface area contributed by atoms with Gasteiger partial charge in [0, 0.05) is 0 Å². The van der Waals surface area contributed by atoms with Gasteiger partial charge in [0.15, 0.2) is 0 Å². The van der Waals surface area contributed by atoms with Crippen LogP contribution in [0.5, 0.6) is 0 Å². The summed E-state index contributed by atoms with van der Waals surface area (Å²) < 4.78 is 9.98. The maximum Gasteiger partial charge on any atom is 0.354 e. The molecule has 0 radical (unpaired) electrons. The molecule has 0 aliphatic heterocycles. The van der Waals surface area contributed by atoms with Crippen LogP contribution >= 0.6 is 0 Å². The fraction of sp³-hybridized carbons (Fsp3) is 0.250. The predicted molar refractivity (Wildman–Crippen MR) is 78.1 cm³/mol. The summed E-state index contributed by atoms with van der Waals surface area (Å²) in [5.74, 6) is -0.964. The highest BCUT2D eigenvalue weighted by Crippen LogP contribution is 2.25. The number of carbonyl (C=O) groups excluding carboxylic acids is 2. The van der Waals surface area contributed by atoms with Crippen LogP contribution in [-0.2, 0) is 9.47 Å². The Labute approximate surface area is 122 Å². The Morgan fingerprint density at radius 1 is 1.00 bits per heavy atom. The van der Waals surface area contributed by atoms with Gasteiger partial charge in [-0.15, -0.1) is 0 Å². The number of ether oxygens (including phenoxy) is 2. The maximum atomic E-state index is 12.0. The molecule has 0 atom stereocenters. The minimum atomic E-state index is -0.495. The first-order valence-corrected chi connectivity index (χ1v) is 6.80. The van der Waals surface area contributed by atoms with E-state index in [-0.39, 0.29) is 18.9 Å². The molecule has 0 aliphatic rings. The molecule has 2 rings (SSSR count). The van der Waals surface area contributed by atoms with Gasteiger partial charge in [-0.2, -0.15) is 0 Å². The average molecular weight is 287 g/mol. The molecular formula is C16H17NO4. The number of hydrogen-bond donors (Lipinski definition) is 1. The van der Waals surface area contributed by atoms with Gasteiger partial charge in [-0.25, -0.2) is 9.59 Å². The van der Waals surface area contributed by atoms with Gasteiger partial charge in [-0.3, -0.25) is 0 Å². The molecule has 0 fully saturated rings. The summed E-state index contributed by atoms with van der Waals surface area (Å²) in [7, 11) is 0. The second kappa shape index (κ2) is 6.74. The van der Waals surface area contributed by atoms with Gasteiger partial charge in [0.2, 0.25) is 0 Å². The molecule has 0 amide bonds. The Bertz CT molecular complexity index is 631. The van der Waals surface area contributed by atoms with Crippen LogP contribution in [-0.4, -0.2) is 30.1 Å². The number of H-pyrrole nitrogens is 1. The van der Waals surface area contributed by atoms with E-state index >= 15 is 0 Å². The quantitative estimate of drug-likeness (QED) is 0.858. The van der Waals surface area contributed by atoms with Crippen LogP contribution in [0, 0.1) is 0 Å². The lowest BCUT2D eigenvalue weighted by Crippen LogP contribution is -2.05. The molecule has 5 heteroatoms. The third-order valence-corrected chi connectivity index (χ3v) is 2.87. The second-order valence-electron chi connectivity index (χ2n) is 4.28. The van der Waals surface area contributed by atoms with Crippen molar-refractivity contribution in [3.63, 3.8) is 0 Å². The van der Waals surface area contributed by atoms with Crippen LogP contribution in [0.15, 0.2) is 36.4 Å². The van der Waals surface area contributed by atoms with Crippen LogP contribution < -0.4 is 0 Å². The minimum Gasteiger partial charge on any atom is -0.462 e. The van der Waals surface area contributed by atoms with E-state index in [0.717, 1.165) is 5.56 Å². The van der Waals surface area contributed by atoms with Gasteiger partial charge in [0.25, 0.3) is 0 Å². The summed E-state index contributed by atoms with van der Waals surface area (Å²) in [4.78, 5) is 26.8. The molecule has 1 aromatic heterocycles. The van der Waals surface area contributed by atoms with Gasteiger partial charge in [0.1, 0.15) is 5.69 Å². The summed E-state index contributed by atoms with van der Waals surface area (Å²) in [6.07, 6.45) is 0. The van der Waals surface area contributed by atoms with E-state index < -0.39 is 11.9 Å². The van der Waals surface area contributed by atoms with Gasteiger partial charge in [-0.1, -0.05) is 30.3 Å². The molecule has 1 aromatic carbocycles. The van der Waals surface area contributed by atoms with Crippen molar-refractivity contribution >= 4 is 11.9 Å². The van der Waals surface area contributed by atoms with E-state index in [1.54, 1.807) is 13.8 Å². The molecule has 0 unspecified atom stereocenters. The molecule has 0 bridgehead atoms. The number of nitrogens with one attached hydrogen (secondary N) is 1. The average Bonchev–Trinajstić information content (AvgIpc) is 2.94. The summed E-state index contributed by atoms with van der Waals surface area (Å²) in [5, 5.41) is 0. The highest BCUT2D eigenvalue weighted by Gasteiger charge is 2.21. The van der Waals surface area contributed by atoms with Crippen molar-refractivity contribution in [1.82, 2.24) is 4.98 Å². The van der Waals surface area contributed by atoms with Crippen molar-refractivity contribution in [3.05, 3.63) is 47.7 Å². The molecule has 5 nitrogen and oxygen atoms in total. The standard InChI is InChI=1S/C16H17NO4/c1-3-20-15(18)12-10-13(16(19)21-4-2)17-14(12)11-8-6-5-7-9-11/h5-10,17H,3-4H2,1-2H3. The van der Waals surface area contributed by atoms with Crippen molar-refractivity contribution in [2.24, 2.45) is 0 Å². The lowest BCUT2D eigenvalue weighted by Gasteiger charge is -2.03. The number of esters is 2. The van der Waals surface area contributed by atoms with Crippen molar-refractivity contribution in [3.8, 4) is 11.3 Å². The van der Waals surface area contributed by atoms with Crippen molar-refractivity contribution in [1.29, 1.82) is 0 Å². The third kappa shape index (κ3) is 3.31. The Morgan fingerprint density at radius 3 is 2.24 bits per heavy atom.